The van der Waals surface area contributed by atoms with E-state index in [1.165, 1.54) is 31.4 Å². The maximum Gasteiger partial charge on any atom is 0.225 e. The van der Waals surface area contributed by atoms with Crippen molar-refractivity contribution < 1.29 is 9.18 Å². The summed E-state index contributed by atoms with van der Waals surface area (Å²) < 4.78 is 13.4. The fourth-order valence-corrected chi connectivity index (χ4v) is 5.20. The zero-order chi connectivity index (χ0) is 22.1. The number of amides is 1. The van der Waals surface area contributed by atoms with E-state index in [0.29, 0.717) is 12.5 Å². The third kappa shape index (κ3) is 3.94. The first-order valence-corrected chi connectivity index (χ1v) is 11.7. The Hall–Kier alpha value is -3.02. The van der Waals surface area contributed by atoms with Gasteiger partial charge in [0.2, 0.25) is 5.91 Å². The highest BCUT2D eigenvalue weighted by molar-refractivity contribution is 6.00. The molecule has 1 amide bonds. The molecule has 0 N–H and O–H groups in total. The maximum absolute atomic E-state index is 13.4. The van der Waals surface area contributed by atoms with Crippen LogP contribution >= 0.6 is 0 Å². The van der Waals surface area contributed by atoms with Crippen molar-refractivity contribution in [3.8, 4) is 11.3 Å². The van der Waals surface area contributed by atoms with Crippen molar-refractivity contribution >= 4 is 22.5 Å². The van der Waals surface area contributed by atoms with Gasteiger partial charge in [0.05, 0.1) is 0 Å². The molecule has 1 aliphatic heterocycles. The first kappa shape index (κ1) is 20.9. The molecule has 0 unspecified atom stereocenters. The molecular weight excluding hydrogens is 403 g/mol. The molecule has 5 rings (SSSR count). The van der Waals surface area contributed by atoms with E-state index in [-0.39, 0.29) is 17.8 Å². The Labute approximate surface area is 188 Å². The van der Waals surface area contributed by atoms with E-state index in [0.717, 1.165) is 53.8 Å². The summed E-state index contributed by atoms with van der Waals surface area (Å²) in [4.78, 5) is 17.4. The monoisotopic (exact) mass is 432 g/mol. The lowest BCUT2D eigenvalue weighted by Gasteiger charge is -2.42. The minimum Gasteiger partial charge on any atom is -0.348 e. The largest absolute Gasteiger partial charge is 0.348 e. The van der Waals surface area contributed by atoms with Crippen LogP contribution in [0, 0.1) is 11.7 Å². The minimum absolute atomic E-state index is 0.158. The summed E-state index contributed by atoms with van der Waals surface area (Å²) in [6, 6.07) is 14.6. The molecule has 2 aromatic carbocycles. The molecule has 166 valence electrons. The van der Waals surface area contributed by atoms with Gasteiger partial charge in [-0.15, -0.1) is 10.2 Å². The molecule has 0 bridgehead atoms. The highest BCUT2D eigenvalue weighted by atomic mass is 19.1. The van der Waals surface area contributed by atoms with Crippen LogP contribution in [-0.4, -0.2) is 46.7 Å². The average Bonchev–Trinajstić information content (AvgIpc) is 2.84. The second kappa shape index (κ2) is 8.85. The number of carbonyl (C=O) groups excluding carboxylic acids is 1. The Morgan fingerprint density at radius 2 is 1.66 bits per heavy atom. The van der Waals surface area contributed by atoms with Crippen LogP contribution in [0.2, 0.25) is 0 Å². The van der Waals surface area contributed by atoms with Gasteiger partial charge in [0, 0.05) is 47.9 Å². The lowest BCUT2D eigenvalue weighted by atomic mass is 9.88. The molecule has 2 aliphatic rings. The van der Waals surface area contributed by atoms with Crippen LogP contribution in [0.4, 0.5) is 10.2 Å². The summed E-state index contributed by atoms with van der Waals surface area (Å²) in [7, 11) is 0. The van der Waals surface area contributed by atoms with E-state index in [4.69, 9.17) is 0 Å². The predicted octanol–water partition coefficient (Wildman–Crippen LogP) is 5.05. The third-order valence-corrected chi connectivity index (χ3v) is 6.95. The summed E-state index contributed by atoms with van der Waals surface area (Å²) in [6.45, 7) is 4.33. The molecule has 1 atom stereocenters. The van der Waals surface area contributed by atoms with E-state index in [2.05, 4.69) is 33.0 Å². The van der Waals surface area contributed by atoms with Crippen LogP contribution in [0.15, 0.2) is 48.5 Å². The van der Waals surface area contributed by atoms with E-state index in [9.17, 15) is 9.18 Å². The van der Waals surface area contributed by atoms with Crippen LogP contribution < -0.4 is 4.90 Å². The highest BCUT2D eigenvalue weighted by Gasteiger charge is 2.32. The van der Waals surface area contributed by atoms with Gasteiger partial charge in [-0.3, -0.25) is 4.79 Å². The molecule has 0 radical (unpaired) electrons. The summed E-state index contributed by atoms with van der Waals surface area (Å²) in [5.41, 5.74) is 1.60. The number of piperazine rings is 1. The van der Waals surface area contributed by atoms with E-state index < -0.39 is 0 Å². The van der Waals surface area contributed by atoms with E-state index >= 15 is 0 Å². The van der Waals surface area contributed by atoms with Crippen LogP contribution in [0.25, 0.3) is 22.0 Å². The number of aromatic nitrogens is 2. The molecule has 1 saturated heterocycles. The Balaban J connectivity index is 1.41. The predicted molar refractivity (Wildman–Crippen MR) is 125 cm³/mol. The van der Waals surface area contributed by atoms with Crippen molar-refractivity contribution in [3.05, 3.63) is 54.3 Å². The zero-order valence-electron chi connectivity index (χ0n) is 18.5. The fourth-order valence-electron chi connectivity index (χ4n) is 5.20. The van der Waals surface area contributed by atoms with Gasteiger partial charge >= 0.3 is 0 Å². The molecule has 1 saturated carbocycles. The van der Waals surface area contributed by atoms with Crippen LogP contribution in [0.3, 0.4) is 0 Å². The number of benzene rings is 2. The molecule has 0 spiro atoms. The van der Waals surface area contributed by atoms with Crippen LogP contribution in [0.1, 0.15) is 39.0 Å². The van der Waals surface area contributed by atoms with E-state index in [1.807, 2.05) is 18.2 Å². The van der Waals surface area contributed by atoms with Gasteiger partial charge in [0.15, 0.2) is 5.82 Å². The third-order valence-electron chi connectivity index (χ3n) is 6.95. The zero-order valence-corrected chi connectivity index (χ0v) is 18.5. The quantitative estimate of drug-likeness (QED) is 0.581. The van der Waals surface area contributed by atoms with Gasteiger partial charge in [-0.2, -0.15) is 0 Å². The molecule has 32 heavy (non-hydrogen) atoms. The van der Waals surface area contributed by atoms with Gasteiger partial charge in [-0.25, -0.2) is 4.39 Å². The maximum atomic E-state index is 13.4. The smallest absolute Gasteiger partial charge is 0.225 e. The molecule has 6 heteroatoms. The Bertz CT molecular complexity index is 1110. The number of hydrogen-bond donors (Lipinski definition) is 0. The molecule has 1 aliphatic carbocycles. The van der Waals surface area contributed by atoms with Gasteiger partial charge < -0.3 is 9.80 Å². The van der Waals surface area contributed by atoms with Crippen molar-refractivity contribution in [2.24, 2.45) is 5.92 Å². The van der Waals surface area contributed by atoms with Gasteiger partial charge in [0.1, 0.15) is 11.5 Å². The summed E-state index contributed by atoms with van der Waals surface area (Å²) in [6.07, 6.45) is 5.68. The van der Waals surface area contributed by atoms with Gasteiger partial charge in [-0.1, -0.05) is 43.5 Å². The second-order valence-corrected chi connectivity index (χ2v) is 9.09. The number of halogens is 1. The molecule has 3 aromatic rings. The Kier molecular flexibility index (Phi) is 5.77. The van der Waals surface area contributed by atoms with Crippen molar-refractivity contribution in [1.29, 1.82) is 0 Å². The average molecular weight is 433 g/mol. The van der Waals surface area contributed by atoms with E-state index in [1.54, 1.807) is 12.1 Å². The SMILES string of the molecule is C[C@@H]1CN(C(=O)C2CCCCC2)CCN1c1nnc(-c2ccc(F)cc2)c2ccccc12. The first-order valence-electron chi connectivity index (χ1n) is 11.7. The topological polar surface area (TPSA) is 49.3 Å². The summed E-state index contributed by atoms with van der Waals surface area (Å²) in [5, 5.41) is 11.2. The van der Waals surface area contributed by atoms with Crippen LogP contribution in [-0.2, 0) is 4.79 Å². The number of hydrogen-bond acceptors (Lipinski definition) is 4. The van der Waals surface area contributed by atoms with Crippen molar-refractivity contribution in [2.45, 2.75) is 45.1 Å². The Morgan fingerprint density at radius 1 is 0.938 bits per heavy atom. The minimum atomic E-state index is -0.267. The number of nitrogens with zero attached hydrogens (tertiary/aromatic N) is 4. The lowest BCUT2D eigenvalue weighted by molar-refractivity contribution is -0.137. The molecule has 5 nitrogen and oxygen atoms in total. The highest BCUT2D eigenvalue weighted by Crippen LogP contribution is 2.33. The summed E-state index contributed by atoms with van der Waals surface area (Å²) in [5.74, 6) is 1.12. The van der Waals surface area contributed by atoms with Crippen molar-refractivity contribution in [1.82, 2.24) is 15.1 Å². The second-order valence-electron chi connectivity index (χ2n) is 9.09. The van der Waals surface area contributed by atoms with Crippen molar-refractivity contribution in [2.75, 3.05) is 24.5 Å². The summed E-state index contributed by atoms with van der Waals surface area (Å²) >= 11 is 0. The lowest BCUT2D eigenvalue weighted by Crippen LogP contribution is -2.55. The molecule has 2 heterocycles. The van der Waals surface area contributed by atoms with Gasteiger partial charge in [0.25, 0.3) is 0 Å². The standard InChI is InChI=1S/C26H29FN4O/c1-18-17-30(26(32)20-7-3-2-4-8-20)15-16-31(18)25-23-10-6-5-9-22(23)24(28-29-25)19-11-13-21(27)14-12-19/h5-6,9-14,18,20H,2-4,7-8,15-17H2,1H3/t18-/m1/s1. The molecule has 1 aromatic heterocycles. The van der Waals surface area contributed by atoms with Crippen LogP contribution in [0.5, 0.6) is 0 Å². The normalized spacial score (nSPS) is 20.0. The Morgan fingerprint density at radius 3 is 2.38 bits per heavy atom. The number of fused-ring (bicyclic) bond motifs is 1. The fraction of sp³-hybridized carbons (Fsp3) is 0.423. The van der Waals surface area contributed by atoms with Crippen molar-refractivity contribution in [3.63, 3.8) is 0 Å². The number of carbonyl (C=O) groups is 1. The van der Waals surface area contributed by atoms with Gasteiger partial charge in [-0.05, 0) is 44.0 Å². The number of rotatable bonds is 3. The molecule has 2 fully saturated rings. The molecular formula is C26H29FN4O. The number of anilines is 1. The first-order chi connectivity index (χ1) is 15.6.